The molecule has 0 spiro atoms. The molecule has 0 bridgehead atoms. The molecule has 0 aromatic carbocycles. The first-order valence-corrected chi connectivity index (χ1v) is 7.46. The van der Waals surface area contributed by atoms with Crippen molar-refractivity contribution in [2.45, 2.75) is 31.9 Å². The third kappa shape index (κ3) is 4.76. The van der Waals surface area contributed by atoms with E-state index in [1.54, 1.807) is 11.8 Å². The summed E-state index contributed by atoms with van der Waals surface area (Å²) < 4.78 is 0. The predicted octanol–water partition coefficient (Wildman–Crippen LogP) is 1.63. The van der Waals surface area contributed by atoms with Crippen LogP contribution in [-0.2, 0) is 4.79 Å². The Morgan fingerprint density at radius 3 is 2.78 bits per heavy atom. The standard InChI is InChI=1S/C12H22N2O3S/c1-3-14(8-9(2)11(15)16)12(17)13-7-10-5-4-6-18-10/h9-10H,3-8H2,1-2H3,(H,13,17)(H,15,16). The number of carboxylic acid groups (broad SMARTS) is 1. The largest absolute Gasteiger partial charge is 0.481 e. The zero-order valence-corrected chi connectivity index (χ0v) is 11.8. The molecule has 104 valence electrons. The summed E-state index contributed by atoms with van der Waals surface area (Å²) in [6.07, 6.45) is 2.38. The molecule has 2 atom stereocenters. The number of thioether (sulfide) groups is 1. The molecular formula is C12H22N2O3S. The number of hydrogen-bond donors (Lipinski definition) is 2. The maximum absolute atomic E-state index is 11.9. The van der Waals surface area contributed by atoms with Gasteiger partial charge in [0, 0.05) is 24.9 Å². The summed E-state index contributed by atoms with van der Waals surface area (Å²) in [5, 5.41) is 12.3. The second kappa shape index (κ2) is 7.51. The van der Waals surface area contributed by atoms with Crippen LogP contribution in [0.2, 0.25) is 0 Å². The number of nitrogens with one attached hydrogen (secondary N) is 1. The van der Waals surface area contributed by atoms with Crippen LogP contribution in [0.5, 0.6) is 0 Å². The maximum Gasteiger partial charge on any atom is 0.317 e. The third-order valence-electron chi connectivity index (χ3n) is 3.09. The van der Waals surface area contributed by atoms with Gasteiger partial charge in [-0.15, -0.1) is 0 Å². The summed E-state index contributed by atoms with van der Waals surface area (Å²) in [4.78, 5) is 24.2. The predicted molar refractivity (Wildman–Crippen MR) is 72.9 cm³/mol. The van der Waals surface area contributed by atoms with Crippen LogP contribution < -0.4 is 5.32 Å². The summed E-state index contributed by atoms with van der Waals surface area (Å²) in [7, 11) is 0. The first kappa shape index (κ1) is 15.1. The molecule has 1 aliphatic rings. The lowest BCUT2D eigenvalue weighted by molar-refractivity contribution is -0.141. The smallest absolute Gasteiger partial charge is 0.317 e. The molecule has 6 heteroatoms. The normalized spacial score (nSPS) is 20.4. The topological polar surface area (TPSA) is 69.6 Å². The van der Waals surface area contributed by atoms with E-state index in [-0.39, 0.29) is 12.6 Å². The Bertz CT molecular complexity index is 293. The number of carbonyl (C=O) groups excluding carboxylic acids is 1. The van der Waals surface area contributed by atoms with E-state index in [0.717, 1.165) is 6.42 Å². The van der Waals surface area contributed by atoms with E-state index in [2.05, 4.69) is 5.32 Å². The van der Waals surface area contributed by atoms with Crippen molar-refractivity contribution in [3.05, 3.63) is 0 Å². The summed E-state index contributed by atoms with van der Waals surface area (Å²) in [5.74, 6) is -0.224. The summed E-state index contributed by atoms with van der Waals surface area (Å²) in [6.45, 7) is 4.95. The van der Waals surface area contributed by atoms with Crippen molar-refractivity contribution in [2.75, 3.05) is 25.4 Å². The molecule has 2 unspecified atom stereocenters. The molecule has 0 aromatic rings. The lowest BCUT2D eigenvalue weighted by Crippen LogP contribution is -2.44. The molecule has 1 rings (SSSR count). The Morgan fingerprint density at radius 2 is 2.28 bits per heavy atom. The van der Waals surface area contributed by atoms with Gasteiger partial charge in [-0.05, 0) is 25.5 Å². The molecule has 1 heterocycles. The monoisotopic (exact) mass is 274 g/mol. The van der Waals surface area contributed by atoms with Crippen molar-refractivity contribution in [2.24, 2.45) is 5.92 Å². The Hall–Kier alpha value is -0.910. The molecule has 5 nitrogen and oxygen atoms in total. The van der Waals surface area contributed by atoms with Crippen molar-refractivity contribution in [3.63, 3.8) is 0 Å². The summed E-state index contributed by atoms with van der Waals surface area (Å²) in [5.41, 5.74) is 0. The van der Waals surface area contributed by atoms with Gasteiger partial charge in [-0.1, -0.05) is 6.92 Å². The molecule has 2 N–H and O–H groups in total. The van der Waals surface area contributed by atoms with Gasteiger partial charge in [-0.25, -0.2) is 4.79 Å². The van der Waals surface area contributed by atoms with Crippen molar-refractivity contribution in [1.29, 1.82) is 0 Å². The highest BCUT2D eigenvalue weighted by Crippen LogP contribution is 2.25. The van der Waals surface area contributed by atoms with E-state index >= 15 is 0 Å². The van der Waals surface area contributed by atoms with Gasteiger partial charge in [0.1, 0.15) is 0 Å². The number of rotatable bonds is 6. The van der Waals surface area contributed by atoms with Crippen LogP contribution in [-0.4, -0.2) is 52.6 Å². The Kier molecular flexibility index (Phi) is 6.32. The van der Waals surface area contributed by atoms with Crippen LogP contribution in [0.25, 0.3) is 0 Å². The van der Waals surface area contributed by atoms with Crippen LogP contribution in [0, 0.1) is 5.92 Å². The quantitative estimate of drug-likeness (QED) is 0.772. The molecule has 1 saturated heterocycles. The lowest BCUT2D eigenvalue weighted by atomic mass is 10.2. The van der Waals surface area contributed by atoms with Gasteiger partial charge in [0.15, 0.2) is 0 Å². The van der Waals surface area contributed by atoms with E-state index in [1.165, 1.54) is 12.2 Å². The van der Waals surface area contributed by atoms with Crippen LogP contribution in [0.15, 0.2) is 0 Å². The van der Waals surface area contributed by atoms with Crippen molar-refractivity contribution in [3.8, 4) is 0 Å². The number of carboxylic acids is 1. The molecule has 2 amide bonds. The highest BCUT2D eigenvalue weighted by molar-refractivity contribution is 8.00. The Labute approximate surface area is 112 Å². The fourth-order valence-electron chi connectivity index (χ4n) is 1.88. The zero-order valence-electron chi connectivity index (χ0n) is 11.0. The highest BCUT2D eigenvalue weighted by Gasteiger charge is 2.21. The van der Waals surface area contributed by atoms with Crippen molar-refractivity contribution in [1.82, 2.24) is 10.2 Å². The molecule has 0 aromatic heterocycles. The highest BCUT2D eigenvalue weighted by atomic mass is 32.2. The fourth-order valence-corrected chi connectivity index (χ4v) is 3.08. The second-order valence-electron chi connectivity index (χ2n) is 4.60. The van der Waals surface area contributed by atoms with Crippen LogP contribution in [0.3, 0.4) is 0 Å². The van der Waals surface area contributed by atoms with E-state index in [9.17, 15) is 9.59 Å². The molecule has 0 saturated carbocycles. The minimum Gasteiger partial charge on any atom is -0.481 e. The molecule has 0 aliphatic carbocycles. The second-order valence-corrected chi connectivity index (χ2v) is 6.01. The first-order chi connectivity index (χ1) is 8.54. The van der Waals surface area contributed by atoms with Crippen LogP contribution in [0.4, 0.5) is 4.79 Å². The molecule has 1 aliphatic heterocycles. The first-order valence-electron chi connectivity index (χ1n) is 6.41. The maximum atomic E-state index is 11.9. The van der Waals surface area contributed by atoms with Gasteiger partial charge in [0.2, 0.25) is 0 Å². The molecule has 0 radical (unpaired) electrons. The summed E-state index contributed by atoms with van der Waals surface area (Å²) >= 11 is 1.90. The van der Waals surface area contributed by atoms with Gasteiger partial charge in [0.25, 0.3) is 0 Å². The minimum absolute atomic E-state index is 0.155. The zero-order chi connectivity index (χ0) is 13.5. The Morgan fingerprint density at radius 1 is 1.56 bits per heavy atom. The number of aliphatic carboxylic acids is 1. The van der Waals surface area contributed by atoms with E-state index < -0.39 is 11.9 Å². The lowest BCUT2D eigenvalue weighted by Gasteiger charge is -2.24. The number of nitrogens with zero attached hydrogens (tertiary/aromatic N) is 1. The number of hydrogen-bond acceptors (Lipinski definition) is 3. The van der Waals surface area contributed by atoms with Gasteiger partial charge in [-0.2, -0.15) is 11.8 Å². The number of urea groups is 1. The van der Waals surface area contributed by atoms with Crippen LogP contribution >= 0.6 is 11.8 Å². The third-order valence-corrected chi connectivity index (χ3v) is 4.49. The van der Waals surface area contributed by atoms with E-state index in [4.69, 9.17) is 5.11 Å². The Balaban J connectivity index is 2.33. The average Bonchev–Trinajstić information content (AvgIpc) is 2.85. The number of amides is 2. The molecular weight excluding hydrogens is 252 g/mol. The molecule has 1 fully saturated rings. The van der Waals surface area contributed by atoms with Crippen LogP contribution in [0.1, 0.15) is 26.7 Å². The van der Waals surface area contributed by atoms with Gasteiger partial charge in [0.05, 0.1) is 5.92 Å². The minimum atomic E-state index is -0.868. The van der Waals surface area contributed by atoms with E-state index in [0.29, 0.717) is 18.3 Å². The van der Waals surface area contributed by atoms with Crippen molar-refractivity contribution < 1.29 is 14.7 Å². The fraction of sp³-hybridized carbons (Fsp3) is 0.833. The van der Waals surface area contributed by atoms with Gasteiger partial charge in [-0.3, -0.25) is 4.79 Å². The molecule has 18 heavy (non-hydrogen) atoms. The van der Waals surface area contributed by atoms with Gasteiger partial charge >= 0.3 is 12.0 Å². The van der Waals surface area contributed by atoms with E-state index in [1.807, 2.05) is 18.7 Å². The van der Waals surface area contributed by atoms with Gasteiger partial charge < -0.3 is 15.3 Å². The van der Waals surface area contributed by atoms with Crippen molar-refractivity contribution >= 4 is 23.8 Å². The number of carbonyl (C=O) groups is 2. The average molecular weight is 274 g/mol. The SMILES string of the molecule is CCN(CC(C)C(=O)O)C(=O)NCC1CCCS1. The summed E-state index contributed by atoms with van der Waals surface area (Å²) in [6, 6.07) is -0.155.